The van der Waals surface area contributed by atoms with E-state index in [0.717, 1.165) is 21.7 Å². The lowest BCUT2D eigenvalue weighted by atomic mass is 10.1. The monoisotopic (exact) mass is 305 g/mol. The number of pyridine rings is 2. The zero-order valence-electron chi connectivity index (χ0n) is 12.9. The molecule has 0 atom stereocenters. The SMILES string of the molecule is COc1cc2ccn3c(=O)c4ccccc4cc3c2cc1OC. The van der Waals surface area contributed by atoms with Crippen LogP contribution in [0.15, 0.2) is 59.5 Å². The Labute approximate surface area is 132 Å². The van der Waals surface area contributed by atoms with Crippen LogP contribution in [0.4, 0.5) is 0 Å². The second-order valence-electron chi connectivity index (χ2n) is 5.40. The Hall–Kier alpha value is -3.01. The van der Waals surface area contributed by atoms with Crippen molar-refractivity contribution in [1.29, 1.82) is 0 Å². The van der Waals surface area contributed by atoms with Gasteiger partial charge in [0.15, 0.2) is 11.5 Å². The summed E-state index contributed by atoms with van der Waals surface area (Å²) < 4.78 is 12.4. The third-order valence-electron chi connectivity index (χ3n) is 4.20. The molecular weight excluding hydrogens is 290 g/mol. The minimum absolute atomic E-state index is 0.0187. The van der Waals surface area contributed by atoms with Crippen LogP contribution in [0.25, 0.3) is 27.1 Å². The summed E-state index contributed by atoms with van der Waals surface area (Å²) in [4.78, 5) is 12.7. The van der Waals surface area contributed by atoms with Crippen LogP contribution in [0, 0.1) is 0 Å². The normalized spacial score (nSPS) is 11.2. The van der Waals surface area contributed by atoms with E-state index in [9.17, 15) is 4.79 Å². The molecule has 0 spiro atoms. The molecule has 0 fully saturated rings. The lowest BCUT2D eigenvalue weighted by Gasteiger charge is -2.12. The molecule has 114 valence electrons. The minimum atomic E-state index is -0.0187. The molecule has 0 radical (unpaired) electrons. The summed E-state index contributed by atoms with van der Waals surface area (Å²) in [5.41, 5.74) is 0.835. The van der Waals surface area contributed by atoms with E-state index in [1.165, 1.54) is 0 Å². The van der Waals surface area contributed by atoms with Crippen LogP contribution in [0.5, 0.6) is 11.5 Å². The van der Waals surface area contributed by atoms with Gasteiger partial charge in [0.25, 0.3) is 5.56 Å². The third kappa shape index (κ3) is 1.95. The van der Waals surface area contributed by atoms with Crippen molar-refractivity contribution in [1.82, 2.24) is 4.40 Å². The lowest BCUT2D eigenvalue weighted by Crippen LogP contribution is -2.13. The highest BCUT2D eigenvalue weighted by molar-refractivity contribution is 6.01. The van der Waals surface area contributed by atoms with Crippen LogP contribution in [-0.4, -0.2) is 18.6 Å². The van der Waals surface area contributed by atoms with E-state index in [1.54, 1.807) is 24.8 Å². The van der Waals surface area contributed by atoms with Crippen LogP contribution < -0.4 is 15.0 Å². The molecule has 0 N–H and O–H groups in total. The topological polar surface area (TPSA) is 39.9 Å². The Morgan fingerprint density at radius 2 is 1.52 bits per heavy atom. The number of hydrogen-bond acceptors (Lipinski definition) is 3. The quantitative estimate of drug-likeness (QED) is 0.419. The summed E-state index contributed by atoms with van der Waals surface area (Å²) in [5.74, 6) is 1.32. The number of rotatable bonds is 2. The zero-order valence-corrected chi connectivity index (χ0v) is 12.9. The number of fused-ring (bicyclic) bond motifs is 4. The van der Waals surface area contributed by atoms with Crippen molar-refractivity contribution in [3.8, 4) is 11.5 Å². The Kier molecular flexibility index (Phi) is 2.98. The highest BCUT2D eigenvalue weighted by atomic mass is 16.5. The molecule has 4 aromatic rings. The molecule has 0 aliphatic rings. The highest BCUT2D eigenvalue weighted by Crippen LogP contribution is 2.34. The van der Waals surface area contributed by atoms with Crippen molar-refractivity contribution in [2.45, 2.75) is 0 Å². The summed E-state index contributed by atoms with van der Waals surface area (Å²) in [6.07, 6.45) is 1.80. The second kappa shape index (κ2) is 5.02. The smallest absolute Gasteiger partial charge is 0.262 e. The van der Waals surface area contributed by atoms with Crippen LogP contribution in [0.2, 0.25) is 0 Å². The molecule has 0 aliphatic carbocycles. The van der Waals surface area contributed by atoms with Gasteiger partial charge in [0.05, 0.1) is 19.7 Å². The van der Waals surface area contributed by atoms with Crippen molar-refractivity contribution in [3.05, 3.63) is 65.1 Å². The fourth-order valence-corrected chi connectivity index (χ4v) is 3.04. The van der Waals surface area contributed by atoms with Crippen molar-refractivity contribution in [2.75, 3.05) is 14.2 Å². The van der Waals surface area contributed by atoms with Gasteiger partial charge in [-0.05, 0) is 41.1 Å². The van der Waals surface area contributed by atoms with Gasteiger partial charge in [0.1, 0.15) is 0 Å². The maximum atomic E-state index is 12.7. The molecule has 0 saturated carbocycles. The number of methoxy groups -OCH3 is 2. The van der Waals surface area contributed by atoms with Crippen LogP contribution in [0.1, 0.15) is 0 Å². The summed E-state index contributed by atoms with van der Waals surface area (Å²) in [6.45, 7) is 0. The van der Waals surface area contributed by atoms with Gasteiger partial charge in [-0.1, -0.05) is 18.2 Å². The minimum Gasteiger partial charge on any atom is -0.493 e. The van der Waals surface area contributed by atoms with Crippen LogP contribution in [0.3, 0.4) is 0 Å². The molecule has 2 aromatic carbocycles. The van der Waals surface area contributed by atoms with E-state index in [2.05, 4.69) is 0 Å². The first-order chi connectivity index (χ1) is 11.2. The van der Waals surface area contributed by atoms with E-state index in [-0.39, 0.29) is 5.56 Å². The van der Waals surface area contributed by atoms with Crippen LogP contribution >= 0.6 is 0 Å². The van der Waals surface area contributed by atoms with Crippen LogP contribution in [-0.2, 0) is 0 Å². The van der Waals surface area contributed by atoms with Crippen molar-refractivity contribution >= 4 is 27.1 Å². The summed E-state index contributed by atoms with van der Waals surface area (Å²) in [7, 11) is 3.22. The number of benzene rings is 2. The number of ether oxygens (including phenoxy) is 2. The predicted molar refractivity (Wildman–Crippen MR) is 91.8 cm³/mol. The molecule has 23 heavy (non-hydrogen) atoms. The largest absolute Gasteiger partial charge is 0.493 e. The van der Waals surface area contributed by atoms with Crippen molar-refractivity contribution in [2.24, 2.45) is 0 Å². The van der Waals surface area contributed by atoms with E-state index in [0.29, 0.717) is 16.9 Å². The first-order valence-electron chi connectivity index (χ1n) is 7.32. The first kappa shape index (κ1) is 13.6. The molecule has 0 unspecified atom stereocenters. The Morgan fingerprint density at radius 1 is 0.826 bits per heavy atom. The zero-order chi connectivity index (χ0) is 16.0. The molecule has 0 saturated heterocycles. The van der Waals surface area contributed by atoms with E-state index in [1.807, 2.05) is 48.5 Å². The third-order valence-corrected chi connectivity index (χ3v) is 4.20. The summed E-state index contributed by atoms with van der Waals surface area (Å²) >= 11 is 0. The number of aromatic nitrogens is 1. The molecule has 2 aromatic heterocycles. The van der Waals surface area contributed by atoms with Gasteiger partial charge in [0.2, 0.25) is 0 Å². The molecule has 2 heterocycles. The van der Waals surface area contributed by atoms with Gasteiger partial charge in [-0.3, -0.25) is 9.20 Å². The molecule has 4 nitrogen and oxygen atoms in total. The van der Waals surface area contributed by atoms with Gasteiger partial charge in [0, 0.05) is 17.0 Å². The number of nitrogens with zero attached hydrogens (tertiary/aromatic N) is 1. The van der Waals surface area contributed by atoms with E-state index in [4.69, 9.17) is 9.47 Å². The molecule has 0 amide bonds. The summed E-state index contributed by atoms with van der Waals surface area (Å²) in [6, 6.07) is 15.4. The van der Waals surface area contributed by atoms with Gasteiger partial charge < -0.3 is 9.47 Å². The Bertz CT molecular complexity index is 1110. The lowest BCUT2D eigenvalue weighted by molar-refractivity contribution is 0.356. The number of hydrogen-bond donors (Lipinski definition) is 0. The Morgan fingerprint density at radius 3 is 2.30 bits per heavy atom. The molecule has 4 rings (SSSR count). The van der Waals surface area contributed by atoms with Gasteiger partial charge in [-0.2, -0.15) is 0 Å². The molecule has 0 bridgehead atoms. The molecule has 4 heteroatoms. The van der Waals surface area contributed by atoms with Gasteiger partial charge in [-0.15, -0.1) is 0 Å². The van der Waals surface area contributed by atoms with Gasteiger partial charge >= 0.3 is 0 Å². The fraction of sp³-hybridized carbons (Fsp3) is 0.105. The fourth-order valence-electron chi connectivity index (χ4n) is 3.04. The second-order valence-corrected chi connectivity index (χ2v) is 5.40. The predicted octanol–water partition coefficient (Wildman–Crippen LogP) is 3.62. The maximum absolute atomic E-state index is 12.7. The molecule has 0 aliphatic heterocycles. The van der Waals surface area contributed by atoms with E-state index < -0.39 is 0 Å². The van der Waals surface area contributed by atoms with Crippen molar-refractivity contribution < 1.29 is 9.47 Å². The standard InChI is InChI=1S/C19H15NO3/c1-22-17-10-13-7-8-20-16(15(13)11-18(17)23-2)9-12-5-3-4-6-14(12)19(20)21/h3-11H,1-2H3. The Balaban J connectivity index is 2.21. The first-order valence-corrected chi connectivity index (χ1v) is 7.32. The highest BCUT2D eigenvalue weighted by Gasteiger charge is 2.11. The molecular formula is C19H15NO3. The maximum Gasteiger partial charge on any atom is 0.262 e. The average molecular weight is 305 g/mol. The summed E-state index contributed by atoms with van der Waals surface area (Å²) in [5, 5.41) is 3.59. The average Bonchev–Trinajstić information content (AvgIpc) is 2.60. The van der Waals surface area contributed by atoms with Gasteiger partial charge in [-0.25, -0.2) is 0 Å². The van der Waals surface area contributed by atoms with Crippen molar-refractivity contribution in [3.63, 3.8) is 0 Å². The van der Waals surface area contributed by atoms with E-state index >= 15 is 0 Å².